The summed E-state index contributed by atoms with van der Waals surface area (Å²) >= 11 is 0. The van der Waals surface area contributed by atoms with E-state index in [2.05, 4.69) is 4.98 Å². The summed E-state index contributed by atoms with van der Waals surface area (Å²) in [4.78, 5) is 14.7. The Kier molecular flexibility index (Phi) is 2.54. The second-order valence-corrected chi connectivity index (χ2v) is 3.60. The van der Waals surface area contributed by atoms with E-state index in [1.807, 2.05) is 6.92 Å². The lowest BCUT2D eigenvalue weighted by Crippen LogP contribution is -2.05. The monoisotopic (exact) mass is 205 g/mol. The summed E-state index contributed by atoms with van der Waals surface area (Å²) < 4.78 is 13.0. The highest BCUT2D eigenvalue weighted by atomic mass is 19.1. The lowest BCUT2D eigenvalue weighted by molar-refractivity contribution is 0.629. The molecule has 1 heterocycles. The Labute approximate surface area is 86.8 Å². The number of pyridine rings is 1. The van der Waals surface area contributed by atoms with Gasteiger partial charge in [-0.3, -0.25) is 4.79 Å². The number of benzene rings is 1. The van der Waals surface area contributed by atoms with Crippen LogP contribution < -0.4 is 5.43 Å². The molecule has 0 spiro atoms. The lowest BCUT2D eigenvalue weighted by atomic mass is 10.1. The molecule has 1 aromatic heterocycles. The standard InChI is InChI=1S/C12H12FNO/c1-2-3-9-7-12(15)10-5-4-8(13)6-11(10)14-9/h4-7H,2-3H2,1H3,(H,14,15). The molecule has 2 nitrogen and oxygen atoms in total. The van der Waals surface area contributed by atoms with E-state index in [-0.39, 0.29) is 11.2 Å². The molecule has 0 saturated heterocycles. The maximum Gasteiger partial charge on any atom is 0.189 e. The lowest BCUT2D eigenvalue weighted by Gasteiger charge is -2.02. The summed E-state index contributed by atoms with van der Waals surface area (Å²) in [7, 11) is 0. The second-order valence-electron chi connectivity index (χ2n) is 3.60. The van der Waals surface area contributed by atoms with Crippen LogP contribution in [0.3, 0.4) is 0 Å². The molecule has 1 N–H and O–H groups in total. The van der Waals surface area contributed by atoms with Crippen LogP contribution in [0.15, 0.2) is 29.1 Å². The maximum absolute atomic E-state index is 13.0. The number of aromatic amines is 1. The van der Waals surface area contributed by atoms with E-state index in [4.69, 9.17) is 0 Å². The number of hydrogen-bond donors (Lipinski definition) is 1. The van der Waals surface area contributed by atoms with E-state index in [1.54, 1.807) is 6.07 Å². The van der Waals surface area contributed by atoms with Gasteiger partial charge >= 0.3 is 0 Å². The van der Waals surface area contributed by atoms with Crippen molar-refractivity contribution in [2.75, 3.05) is 0 Å². The van der Waals surface area contributed by atoms with E-state index >= 15 is 0 Å². The van der Waals surface area contributed by atoms with Crippen molar-refractivity contribution in [2.45, 2.75) is 19.8 Å². The van der Waals surface area contributed by atoms with Crippen LogP contribution in [0, 0.1) is 5.82 Å². The number of H-pyrrole nitrogens is 1. The summed E-state index contributed by atoms with van der Waals surface area (Å²) in [5.41, 5.74) is 1.39. The van der Waals surface area contributed by atoms with Crippen molar-refractivity contribution in [3.63, 3.8) is 0 Å². The number of halogens is 1. The second kappa shape index (κ2) is 3.85. The fourth-order valence-electron chi connectivity index (χ4n) is 1.68. The molecule has 0 saturated carbocycles. The zero-order valence-electron chi connectivity index (χ0n) is 8.51. The van der Waals surface area contributed by atoms with Gasteiger partial charge in [0.05, 0.1) is 5.52 Å². The molecule has 0 aliphatic heterocycles. The van der Waals surface area contributed by atoms with Gasteiger partial charge in [0.15, 0.2) is 5.43 Å². The van der Waals surface area contributed by atoms with Crippen LogP contribution >= 0.6 is 0 Å². The Hall–Kier alpha value is -1.64. The third kappa shape index (κ3) is 1.91. The average molecular weight is 205 g/mol. The summed E-state index contributed by atoms with van der Waals surface area (Å²) in [6.07, 6.45) is 1.76. The van der Waals surface area contributed by atoms with Crippen LogP contribution in [0.25, 0.3) is 10.9 Å². The molecule has 0 amide bonds. The minimum absolute atomic E-state index is 0.0489. The maximum atomic E-state index is 13.0. The number of nitrogens with one attached hydrogen (secondary N) is 1. The van der Waals surface area contributed by atoms with Gasteiger partial charge in [0.25, 0.3) is 0 Å². The molecular formula is C12H12FNO. The number of hydrogen-bond acceptors (Lipinski definition) is 1. The van der Waals surface area contributed by atoms with Gasteiger partial charge in [0.2, 0.25) is 0 Å². The van der Waals surface area contributed by atoms with Crippen molar-refractivity contribution in [3.05, 3.63) is 46.0 Å². The van der Waals surface area contributed by atoms with Gasteiger partial charge in [-0.2, -0.15) is 0 Å². The smallest absolute Gasteiger partial charge is 0.189 e. The molecule has 15 heavy (non-hydrogen) atoms. The van der Waals surface area contributed by atoms with Gasteiger partial charge in [-0.1, -0.05) is 13.3 Å². The van der Waals surface area contributed by atoms with E-state index < -0.39 is 0 Å². The summed E-state index contributed by atoms with van der Waals surface area (Å²) in [5, 5.41) is 0.538. The third-order valence-corrected chi connectivity index (χ3v) is 2.37. The number of fused-ring (bicyclic) bond motifs is 1. The molecule has 0 unspecified atom stereocenters. The molecular weight excluding hydrogens is 193 g/mol. The van der Waals surface area contributed by atoms with Crippen LogP contribution in [0.5, 0.6) is 0 Å². The third-order valence-electron chi connectivity index (χ3n) is 2.37. The molecule has 2 rings (SSSR count). The van der Waals surface area contributed by atoms with Crippen molar-refractivity contribution in [3.8, 4) is 0 Å². The molecule has 0 atom stereocenters. The number of rotatable bonds is 2. The molecule has 2 aromatic rings. The quantitative estimate of drug-likeness (QED) is 0.803. The Morgan fingerprint density at radius 3 is 2.87 bits per heavy atom. The number of aryl methyl sites for hydroxylation is 1. The van der Waals surface area contributed by atoms with E-state index in [0.29, 0.717) is 10.9 Å². The Bertz CT molecular complexity index is 545. The minimum atomic E-state index is -0.327. The minimum Gasteiger partial charge on any atom is -0.358 e. The van der Waals surface area contributed by atoms with Crippen molar-refractivity contribution in [1.82, 2.24) is 4.98 Å². The Balaban J connectivity index is 2.68. The molecule has 1 aromatic carbocycles. The van der Waals surface area contributed by atoms with Gasteiger partial charge in [0.1, 0.15) is 5.82 Å². The van der Waals surface area contributed by atoms with E-state index in [1.165, 1.54) is 18.2 Å². The van der Waals surface area contributed by atoms with Gasteiger partial charge in [-0.25, -0.2) is 4.39 Å². The Morgan fingerprint density at radius 2 is 2.13 bits per heavy atom. The van der Waals surface area contributed by atoms with Crippen LogP contribution in [0.4, 0.5) is 4.39 Å². The van der Waals surface area contributed by atoms with Crippen LogP contribution in [-0.4, -0.2) is 4.98 Å². The molecule has 78 valence electrons. The van der Waals surface area contributed by atoms with Gasteiger partial charge in [-0.05, 0) is 24.6 Å². The highest BCUT2D eigenvalue weighted by Crippen LogP contribution is 2.10. The molecule has 0 aliphatic rings. The van der Waals surface area contributed by atoms with Crippen LogP contribution in [0.1, 0.15) is 19.0 Å². The first-order valence-corrected chi connectivity index (χ1v) is 5.02. The number of aromatic nitrogens is 1. The van der Waals surface area contributed by atoms with Crippen LogP contribution in [-0.2, 0) is 6.42 Å². The Morgan fingerprint density at radius 1 is 1.33 bits per heavy atom. The van der Waals surface area contributed by atoms with Crippen molar-refractivity contribution in [2.24, 2.45) is 0 Å². The van der Waals surface area contributed by atoms with Crippen LogP contribution in [0.2, 0.25) is 0 Å². The SMILES string of the molecule is CCCc1cc(=O)c2ccc(F)cc2[nH]1. The van der Waals surface area contributed by atoms with Crippen molar-refractivity contribution >= 4 is 10.9 Å². The van der Waals surface area contributed by atoms with Gasteiger partial charge in [0, 0.05) is 17.1 Å². The molecule has 0 fully saturated rings. The fraction of sp³-hybridized carbons (Fsp3) is 0.250. The molecule has 0 radical (unpaired) electrons. The predicted octanol–water partition coefficient (Wildman–Crippen LogP) is 2.62. The van der Waals surface area contributed by atoms with Crippen molar-refractivity contribution < 1.29 is 4.39 Å². The molecule has 0 bridgehead atoms. The first kappa shape index (κ1) is 9.90. The van der Waals surface area contributed by atoms with Gasteiger partial charge in [-0.15, -0.1) is 0 Å². The summed E-state index contributed by atoms with van der Waals surface area (Å²) in [6, 6.07) is 5.76. The zero-order chi connectivity index (χ0) is 10.8. The average Bonchev–Trinajstić information content (AvgIpc) is 2.17. The first-order chi connectivity index (χ1) is 7.20. The summed E-state index contributed by atoms with van der Waals surface area (Å²) in [5.74, 6) is -0.327. The highest BCUT2D eigenvalue weighted by Gasteiger charge is 2.02. The zero-order valence-corrected chi connectivity index (χ0v) is 8.51. The highest BCUT2D eigenvalue weighted by molar-refractivity contribution is 5.78. The predicted molar refractivity (Wildman–Crippen MR) is 58.5 cm³/mol. The van der Waals surface area contributed by atoms with Crippen molar-refractivity contribution in [1.29, 1.82) is 0 Å². The fourth-order valence-corrected chi connectivity index (χ4v) is 1.68. The topological polar surface area (TPSA) is 32.9 Å². The first-order valence-electron chi connectivity index (χ1n) is 5.02. The largest absolute Gasteiger partial charge is 0.358 e. The van der Waals surface area contributed by atoms with E-state index in [9.17, 15) is 9.18 Å². The summed E-state index contributed by atoms with van der Waals surface area (Å²) in [6.45, 7) is 2.04. The normalized spacial score (nSPS) is 10.8. The molecule has 0 aliphatic carbocycles. The van der Waals surface area contributed by atoms with Gasteiger partial charge < -0.3 is 4.98 Å². The molecule has 3 heteroatoms. The van der Waals surface area contributed by atoms with E-state index in [0.717, 1.165) is 18.5 Å².